The van der Waals surface area contributed by atoms with Crippen molar-refractivity contribution < 1.29 is 0 Å². The molecule has 1 aromatic heterocycles. The van der Waals surface area contributed by atoms with E-state index >= 15 is 0 Å². The lowest BCUT2D eigenvalue weighted by molar-refractivity contribution is 0.501. The Hall–Kier alpha value is -0.860. The van der Waals surface area contributed by atoms with Crippen LogP contribution < -0.4 is 0 Å². The Bertz CT molecular complexity index is 358. The highest BCUT2D eigenvalue weighted by Gasteiger charge is 2.25. The van der Waals surface area contributed by atoms with Gasteiger partial charge in [0, 0.05) is 12.0 Å². The van der Waals surface area contributed by atoms with Crippen LogP contribution in [-0.4, -0.2) is 15.0 Å². The van der Waals surface area contributed by atoms with Gasteiger partial charge in [-0.2, -0.15) is 0 Å². The minimum absolute atomic E-state index is 0.0846. The fourth-order valence-electron chi connectivity index (χ4n) is 2.28. The number of hydrogen-bond acceptors (Lipinski definition) is 2. The average Bonchev–Trinajstić information content (AvgIpc) is 2.67. The molecule has 0 fully saturated rings. The summed E-state index contributed by atoms with van der Waals surface area (Å²) in [7, 11) is 0. The molecule has 3 nitrogen and oxygen atoms in total. The molecule has 0 spiro atoms. The highest BCUT2D eigenvalue weighted by atomic mass is 15.4. The zero-order valence-electron chi connectivity index (χ0n) is 13.0. The summed E-state index contributed by atoms with van der Waals surface area (Å²) in [6.07, 6.45) is 5.10. The molecule has 0 N–H and O–H groups in total. The first-order chi connectivity index (χ1) is 8.38. The van der Waals surface area contributed by atoms with Crippen LogP contribution in [0.4, 0.5) is 0 Å². The first-order valence-electron chi connectivity index (χ1n) is 7.31. The van der Waals surface area contributed by atoms with Crippen LogP contribution in [0.2, 0.25) is 0 Å². The van der Waals surface area contributed by atoms with Crippen molar-refractivity contribution in [3.8, 4) is 0 Å². The van der Waals surface area contributed by atoms with Crippen LogP contribution in [0.25, 0.3) is 0 Å². The predicted octanol–water partition coefficient (Wildman–Crippen LogP) is 4.28. The highest BCUT2D eigenvalue weighted by Crippen LogP contribution is 2.28. The minimum Gasteiger partial charge on any atom is -0.249 e. The summed E-state index contributed by atoms with van der Waals surface area (Å²) in [5, 5.41) is 8.79. The minimum atomic E-state index is 0.0846. The Morgan fingerprint density at radius 2 is 1.78 bits per heavy atom. The smallest absolute Gasteiger partial charge is 0.0915 e. The normalized spacial score (nSPS) is 12.4. The Labute approximate surface area is 112 Å². The van der Waals surface area contributed by atoms with Crippen LogP contribution in [0.1, 0.15) is 84.5 Å². The van der Waals surface area contributed by atoms with E-state index in [1.165, 1.54) is 31.4 Å². The molecule has 3 heteroatoms. The zero-order chi connectivity index (χ0) is 13.8. The number of hydrogen-bond donors (Lipinski definition) is 0. The van der Waals surface area contributed by atoms with Gasteiger partial charge in [0.05, 0.1) is 11.4 Å². The maximum Gasteiger partial charge on any atom is 0.0915 e. The van der Waals surface area contributed by atoms with Crippen molar-refractivity contribution in [1.82, 2.24) is 15.0 Å². The molecule has 0 aliphatic rings. The topological polar surface area (TPSA) is 30.7 Å². The summed E-state index contributed by atoms with van der Waals surface area (Å²) in [6.45, 7) is 14.4. The molecule has 104 valence electrons. The zero-order valence-corrected chi connectivity index (χ0v) is 13.0. The van der Waals surface area contributed by atoms with Crippen molar-refractivity contribution in [2.75, 3.05) is 0 Å². The molecule has 0 aliphatic heterocycles. The molecule has 0 bridgehead atoms. The van der Waals surface area contributed by atoms with Crippen molar-refractivity contribution >= 4 is 0 Å². The maximum atomic E-state index is 4.42. The molecule has 0 aliphatic carbocycles. The Balaban J connectivity index is 2.83. The molecule has 1 rings (SSSR count). The lowest BCUT2D eigenvalue weighted by atomic mass is 9.88. The van der Waals surface area contributed by atoms with Gasteiger partial charge in [-0.15, -0.1) is 5.10 Å². The van der Waals surface area contributed by atoms with Gasteiger partial charge in [0.2, 0.25) is 0 Å². The fraction of sp³-hybridized carbons (Fsp3) is 0.867. The summed E-state index contributed by atoms with van der Waals surface area (Å²) < 4.78 is 2.13. The van der Waals surface area contributed by atoms with E-state index in [1.54, 1.807) is 0 Å². The molecule has 0 atom stereocenters. The largest absolute Gasteiger partial charge is 0.249 e. The van der Waals surface area contributed by atoms with E-state index in [0.29, 0.717) is 5.92 Å². The van der Waals surface area contributed by atoms with Gasteiger partial charge < -0.3 is 0 Å². The van der Waals surface area contributed by atoms with Gasteiger partial charge in [0.15, 0.2) is 0 Å². The molecule has 0 amide bonds. The van der Waals surface area contributed by atoms with Crippen LogP contribution >= 0.6 is 0 Å². The standard InChI is InChI=1S/C15H29N3/c1-7-8-9-10-11-18-13(12(2)3)14(16-17-18)15(4,5)6/h12H,7-11H2,1-6H3. The molecule has 1 heterocycles. The summed E-state index contributed by atoms with van der Waals surface area (Å²) in [5.74, 6) is 0.486. The molecular formula is C15H29N3. The third-order valence-electron chi connectivity index (χ3n) is 3.25. The molecule has 18 heavy (non-hydrogen) atoms. The lowest BCUT2D eigenvalue weighted by Crippen LogP contribution is -2.17. The Morgan fingerprint density at radius 3 is 2.28 bits per heavy atom. The lowest BCUT2D eigenvalue weighted by Gasteiger charge is -2.19. The quantitative estimate of drug-likeness (QED) is 0.706. The molecule has 0 radical (unpaired) electrons. The average molecular weight is 251 g/mol. The fourth-order valence-corrected chi connectivity index (χ4v) is 2.28. The third kappa shape index (κ3) is 3.82. The van der Waals surface area contributed by atoms with Crippen molar-refractivity contribution in [2.45, 2.75) is 85.1 Å². The second-order valence-electron chi connectivity index (χ2n) is 6.51. The van der Waals surface area contributed by atoms with E-state index in [4.69, 9.17) is 0 Å². The van der Waals surface area contributed by atoms with Gasteiger partial charge in [0.1, 0.15) is 0 Å². The van der Waals surface area contributed by atoms with Crippen LogP contribution in [0.15, 0.2) is 0 Å². The van der Waals surface area contributed by atoms with E-state index in [-0.39, 0.29) is 5.41 Å². The van der Waals surface area contributed by atoms with Gasteiger partial charge >= 0.3 is 0 Å². The van der Waals surface area contributed by atoms with Gasteiger partial charge in [-0.3, -0.25) is 0 Å². The van der Waals surface area contributed by atoms with E-state index < -0.39 is 0 Å². The Morgan fingerprint density at radius 1 is 1.11 bits per heavy atom. The number of unbranched alkanes of at least 4 members (excludes halogenated alkanes) is 3. The van der Waals surface area contributed by atoms with Crippen LogP contribution in [0.5, 0.6) is 0 Å². The molecular weight excluding hydrogens is 222 g/mol. The van der Waals surface area contributed by atoms with E-state index in [9.17, 15) is 0 Å². The van der Waals surface area contributed by atoms with E-state index in [2.05, 4.69) is 56.5 Å². The van der Waals surface area contributed by atoms with Crippen molar-refractivity contribution in [1.29, 1.82) is 0 Å². The Kier molecular flexibility index (Phi) is 5.36. The first kappa shape index (κ1) is 15.2. The van der Waals surface area contributed by atoms with E-state index in [0.717, 1.165) is 12.2 Å². The van der Waals surface area contributed by atoms with Gasteiger partial charge in [-0.1, -0.05) is 66.0 Å². The van der Waals surface area contributed by atoms with E-state index in [1.807, 2.05) is 0 Å². The number of nitrogens with zero attached hydrogens (tertiary/aromatic N) is 3. The van der Waals surface area contributed by atoms with Gasteiger partial charge in [-0.25, -0.2) is 4.68 Å². The SMILES string of the molecule is CCCCCCn1nnc(C(C)(C)C)c1C(C)C. The predicted molar refractivity (Wildman–Crippen MR) is 77.0 cm³/mol. The van der Waals surface area contributed by atoms with Crippen LogP contribution in [-0.2, 0) is 12.0 Å². The first-order valence-corrected chi connectivity index (χ1v) is 7.31. The molecule has 0 aromatic carbocycles. The summed E-state index contributed by atoms with van der Waals surface area (Å²) in [6, 6.07) is 0. The maximum absolute atomic E-state index is 4.42. The van der Waals surface area contributed by atoms with Crippen LogP contribution in [0.3, 0.4) is 0 Å². The highest BCUT2D eigenvalue weighted by molar-refractivity contribution is 5.21. The number of rotatable bonds is 6. The number of aromatic nitrogens is 3. The molecule has 0 saturated carbocycles. The van der Waals surface area contributed by atoms with Crippen molar-refractivity contribution in [3.63, 3.8) is 0 Å². The molecule has 0 unspecified atom stereocenters. The monoisotopic (exact) mass is 251 g/mol. The summed E-state index contributed by atoms with van der Waals surface area (Å²) in [4.78, 5) is 0. The van der Waals surface area contributed by atoms with Crippen molar-refractivity contribution in [3.05, 3.63) is 11.4 Å². The summed E-state index contributed by atoms with van der Waals surface area (Å²) >= 11 is 0. The number of aryl methyl sites for hydroxylation is 1. The van der Waals surface area contributed by atoms with Crippen LogP contribution in [0, 0.1) is 0 Å². The molecule has 0 saturated heterocycles. The van der Waals surface area contributed by atoms with Gasteiger partial charge in [-0.05, 0) is 12.3 Å². The summed E-state index contributed by atoms with van der Waals surface area (Å²) in [5.41, 5.74) is 2.56. The van der Waals surface area contributed by atoms with Crippen molar-refractivity contribution in [2.24, 2.45) is 0 Å². The molecule has 1 aromatic rings. The third-order valence-corrected chi connectivity index (χ3v) is 3.25. The van der Waals surface area contributed by atoms with Gasteiger partial charge in [0.25, 0.3) is 0 Å². The second-order valence-corrected chi connectivity index (χ2v) is 6.51. The second kappa shape index (κ2) is 6.35.